The molecule has 0 spiro atoms. The van der Waals surface area contributed by atoms with E-state index >= 15 is 0 Å². The molecule has 0 amide bonds. The molecule has 0 aromatic heterocycles. The molecule has 6 heteroatoms. The van der Waals surface area contributed by atoms with Gasteiger partial charge in [-0.2, -0.15) is 0 Å². The Kier molecular flexibility index (Phi) is 7.11. The van der Waals surface area contributed by atoms with Gasteiger partial charge in [0.25, 0.3) is 0 Å². The third kappa shape index (κ3) is 7.28. The van der Waals surface area contributed by atoms with E-state index in [-0.39, 0.29) is 0 Å². The fourth-order valence-electron chi connectivity index (χ4n) is 2.37. The van der Waals surface area contributed by atoms with Crippen molar-refractivity contribution < 1.29 is 8.42 Å². The molecule has 0 radical (unpaired) electrons. The lowest BCUT2D eigenvalue weighted by Gasteiger charge is -2.21. The Morgan fingerprint density at radius 1 is 1.22 bits per heavy atom. The summed E-state index contributed by atoms with van der Waals surface area (Å²) in [5.74, 6) is 0.648. The van der Waals surface area contributed by atoms with E-state index < -0.39 is 10.0 Å². The van der Waals surface area contributed by atoms with Gasteiger partial charge in [-0.25, -0.2) is 13.1 Å². The first-order valence-corrected chi connectivity index (χ1v) is 8.81. The van der Waals surface area contributed by atoms with Gasteiger partial charge in [0.2, 0.25) is 10.0 Å². The van der Waals surface area contributed by atoms with Crippen LogP contribution in [0.5, 0.6) is 0 Å². The minimum atomic E-state index is -3.10. The van der Waals surface area contributed by atoms with E-state index in [2.05, 4.69) is 4.72 Å². The molecule has 0 aliphatic heterocycles. The van der Waals surface area contributed by atoms with Crippen LogP contribution in [-0.4, -0.2) is 25.7 Å². The first-order chi connectivity index (χ1) is 8.49. The molecule has 0 aromatic carbocycles. The van der Waals surface area contributed by atoms with Gasteiger partial charge in [0, 0.05) is 6.54 Å². The summed E-state index contributed by atoms with van der Waals surface area (Å²) in [4.78, 5) is 0.500. The van der Waals surface area contributed by atoms with Crippen LogP contribution in [0.4, 0.5) is 0 Å². The van der Waals surface area contributed by atoms with Crippen LogP contribution >= 0.6 is 12.2 Å². The van der Waals surface area contributed by atoms with Crippen LogP contribution in [-0.2, 0) is 10.0 Å². The van der Waals surface area contributed by atoms with Crippen molar-refractivity contribution in [2.75, 3.05) is 12.3 Å². The van der Waals surface area contributed by atoms with Crippen molar-refractivity contribution in [3.05, 3.63) is 0 Å². The Hall–Kier alpha value is -0.200. The molecule has 1 fully saturated rings. The number of nitrogens with one attached hydrogen (secondary N) is 1. The lowest BCUT2D eigenvalue weighted by atomic mass is 9.91. The van der Waals surface area contributed by atoms with E-state index in [9.17, 15) is 8.42 Å². The second-order valence-electron chi connectivity index (χ2n) is 5.10. The molecule has 0 aromatic rings. The molecule has 4 nitrogen and oxygen atoms in total. The normalized spacial score (nSPS) is 17.8. The fraction of sp³-hybridized carbons (Fsp3) is 0.917. The Labute approximate surface area is 116 Å². The summed E-state index contributed by atoms with van der Waals surface area (Å²) in [6.45, 7) is 0.498. The highest BCUT2D eigenvalue weighted by Crippen LogP contribution is 2.24. The van der Waals surface area contributed by atoms with E-state index in [0.717, 1.165) is 25.7 Å². The molecule has 106 valence electrons. The van der Waals surface area contributed by atoms with Gasteiger partial charge in [0.1, 0.15) is 0 Å². The highest BCUT2D eigenvalue weighted by molar-refractivity contribution is 7.89. The van der Waals surface area contributed by atoms with Crippen molar-refractivity contribution in [3.8, 4) is 0 Å². The van der Waals surface area contributed by atoms with E-state index in [0.29, 0.717) is 29.6 Å². The van der Waals surface area contributed by atoms with Gasteiger partial charge < -0.3 is 5.73 Å². The summed E-state index contributed by atoms with van der Waals surface area (Å²) >= 11 is 4.77. The monoisotopic (exact) mass is 292 g/mol. The predicted molar refractivity (Wildman–Crippen MR) is 79.0 cm³/mol. The summed E-state index contributed by atoms with van der Waals surface area (Å²) < 4.78 is 26.3. The molecular formula is C12H24N2O2S2. The zero-order chi connectivity index (χ0) is 13.4. The first kappa shape index (κ1) is 15.9. The average Bonchev–Trinajstić information content (AvgIpc) is 2.28. The van der Waals surface area contributed by atoms with E-state index in [1.54, 1.807) is 0 Å². The molecular weight excluding hydrogens is 268 g/mol. The maximum atomic E-state index is 11.8. The predicted octanol–water partition coefficient (Wildman–Crippen LogP) is 1.94. The molecule has 0 saturated heterocycles. The zero-order valence-corrected chi connectivity index (χ0v) is 12.5. The van der Waals surface area contributed by atoms with Crippen molar-refractivity contribution in [2.45, 2.75) is 51.4 Å². The molecule has 3 N–H and O–H groups in total. The minimum absolute atomic E-state index is 0.294. The van der Waals surface area contributed by atoms with Crippen LogP contribution in [0.1, 0.15) is 51.4 Å². The smallest absolute Gasteiger partial charge is 0.211 e. The number of unbranched alkanes of at least 4 members (excludes halogenated alkanes) is 1. The lowest BCUT2D eigenvalue weighted by Crippen LogP contribution is -2.31. The Morgan fingerprint density at radius 2 is 1.89 bits per heavy atom. The molecule has 1 aliphatic carbocycles. The Bertz CT molecular complexity index is 349. The van der Waals surface area contributed by atoms with E-state index in [1.165, 1.54) is 19.3 Å². The van der Waals surface area contributed by atoms with Crippen molar-refractivity contribution in [2.24, 2.45) is 11.7 Å². The summed E-state index contributed by atoms with van der Waals surface area (Å²) in [7, 11) is -3.10. The first-order valence-electron chi connectivity index (χ1n) is 6.75. The van der Waals surface area contributed by atoms with Gasteiger partial charge in [-0.1, -0.05) is 31.5 Å². The van der Waals surface area contributed by atoms with Crippen molar-refractivity contribution in [1.29, 1.82) is 0 Å². The number of hydrogen-bond acceptors (Lipinski definition) is 3. The highest BCUT2D eigenvalue weighted by atomic mass is 32.2. The highest BCUT2D eigenvalue weighted by Gasteiger charge is 2.20. The SMILES string of the molecule is NC(=S)CCCCNS(=O)(=O)CC1CCCCC1. The largest absolute Gasteiger partial charge is 0.393 e. The number of hydrogen-bond donors (Lipinski definition) is 2. The fourth-order valence-corrected chi connectivity index (χ4v) is 4.05. The van der Waals surface area contributed by atoms with Gasteiger partial charge in [0.15, 0.2) is 0 Å². The second kappa shape index (κ2) is 8.07. The van der Waals surface area contributed by atoms with E-state index in [4.69, 9.17) is 18.0 Å². The summed E-state index contributed by atoms with van der Waals surface area (Å²) in [6.07, 6.45) is 8.05. The summed E-state index contributed by atoms with van der Waals surface area (Å²) in [5.41, 5.74) is 5.38. The van der Waals surface area contributed by atoms with Crippen molar-refractivity contribution in [3.63, 3.8) is 0 Å². The van der Waals surface area contributed by atoms with Gasteiger partial charge >= 0.3 is 0 Å². The maximum absolute atomic E-state index is 11.8. The van der Waals surface area contributed by atoms with Crippen LogP contribution in [0.3, 0.4) is 0 Å². The summed E-state index contributed by atoms with van der Waals surface area (Å²) in [5, 5.41) is 0. The molecule has 1 aliphatic rings. The van der Waals surface area contributed by atoms with Gasteiger partial charge in [0.05, 0.1) is 10.7 Å². The Balaban J connectivity index is 2.16. The van der Waals surface area contributed by atoms with Crippen LogP contribution in [0, 0.1) is 5.92 Å². The molecule has 0 unspecified atom stereocenters. The van der Waals surface area contributed by atoms with Crippen molar-refractivity contribution >= 4 is 27.2 Å². The van der Waals surface area contributed by atoms with Crippen molar-refractivity contribution in [1.82, 2.24) is 4.72 Å². The molecule has 0 bridgehead atoms. The molecule has 0 heterocycles. The maximum Gasteiger partial charge on any atom is 0.211 e. The third-order valence-electron chi connectivity index (χ3n) is 3.35. The standard InChI is InChI=1S/C12H24N2O2S2/c13-12(17)8-4-5-9-14-18(15,16)10-11-6-2-1-3-7-11/h11,14H,1-10H2,(H2,13,17). The molecule has 1 rings (SSSR count). The number of thiocarbonyl (C=S) groups is 1. The van der Waals surface area contributed by atoms with Gasteiger partial charge in [-0.3, -0.25) is 0 Å². The van der Waals surface area contributed by atoms with Gasteiger partial charge in [-0.05, 0) is 38.0 Å². The summed E-state index contributed by atoms with van der Waals surface area (Å²) in [6, 6.07) is 0. The third-order valence-corrected chi connectivity index (χ3v) is 5.11. The van der Waals surface area contributed by atoms with E-state index in [1.807, 2.05) is 0 Å². The van der Waals surface area contributed by atoms with Crippen LogP contribution in [0.2, 0.25) is 0 Å². The number of nitrogens with two attached hydrogens (primary N) is 1. The number of sulfonamides is 1. The molecule has 0 atom stereocenters. The number of rotatable bonds is 8. The second-order valence-corrected chi connectivity index (χ2v) is 7.48. The zero-order valence-electron chi connectivity index (χ0n) is 10.9. The Morgan fingerprint density at radius 3 is 2.50 bits per heavy atom. The molecule has 1 saturated carbocycles. The topological polar surface area (TPSA) is 72.2 Å². The van der Waals surface area contributed by atoms with Gasteiger partial charge in [-0.15, -0.1) is 0 Å². The minimum Gasteiger partial charge on any atom is -0.393 e. The van der Waals surface area contributed by atoms with Crippen LogP contribution in [0.15, 0.2) is 0 Å². The lowest BCUT2D eigenvalue weighted by molar-refractivity contribution is 0.384. The molecule has 18 heavy (non-hydrogen) atoms. The van der Waals surface area contributed by atoms with Crippen LogP contribution < -0.4 is 10.5 Å². The quantitative estimate of drug-likeness (QED) is 0.530. The average molecular weight is 292 g/mol. The van der Waals surface area contributed by atoms with Crippen LogP contribution in [0.25, 0.3) is 0 Å².